The summed E-state index contributed by atoms with van der Waals surface area (Å²) in [6, 6.07) is 0. The van der Waals surface area contributed by atoms with Crippen LogP contribution in [0.2, 0.25) is 0 Å². The van der Waals surface area contributed by atoms with Gasteiger partial charge in [-0.15, -0.1) is 0 Å². The Morgan fingerprint density at radius 3 is 1.30 bits per heavy atom. The lowest BCUT2D eigenvalue weighted by atomic mass is 10.0. The highest BCUT2D eigenvalue weighted by atomic mass is 31.1. The van der Waals surface area contributed by atoms with Crippen molar-refractivity contribution < 1.29 is 18.6 Å². The zero-order valence-corrected chi connectivity index (χ0v) is 31.1. The SMILES string of the molecule is CCCCCCCCCCCCCCCC(=O)CCCCCCCC/C=C\CCCCCCCC(=O)[P-]OCC[N+](C)(C)C. The Morgan fingerprint density at radius 2 is 0.886 bits per heavy atom. The Balaban J connectivity index is 3.28. The predicted molar refractivity (Wildman–Crippen MR) is 194 cm³/mol. The fourth-order valence-corrected chi connectivity index (χ4v) is 6.11. The molecule has 0 atom stereocenters. The maximum absolute atomic E-state index is 12.2. The molecule has 0 aliphatic rings. The van der Waals surface area contributed by atoms with E-state index in [0.29, 0.717) is 27.6 Å². The number of nitrogens with zero attached hydrogens (tertiary/aromatic N) is 1. The fourth-order valence-electron chi connectivity index (χ4n) is 5.54. The van der Waals surface area contributed by atoms with Gasteiger partial charge < -0.3 is 22.6 Å². The molecule has 0 aliphatic carbocycles. The van der Waals surface area contributed by atoms with Crippen LogP contribution in [-0.4, -0.2) is 50.1 Å². The molecule has 0 fully saturated rings. The van der Waals surface area contributed by atoms with Gasteiger partial charge in [0.25, 0.3) is 0 Å². The van der Waals surface area contributed by atoms with E-state index in [0.717, 1.165) is 49.6 Å². The molecular weight excluding hydrogens is 561 g/mol. The molecule has 0 saturated heterocycles. The summed E-state index contributed by atoms with van der Waals surface area (Å²) in [6.07, 6.45) is 40.5. The largest absolute Gasteiger partial charge is 0.546 e. The molecular formula is C39H76NO3P. The summed E-state index contributed by atoms with van der Waals surface area (Å²) in [5, 5.41) is 0. The molecule has 0 rings (SSSR count). The Hall–Kier alpha value is -0.570. The van der Waals surface area contributed by atoms with Gasteiger partial charge in [0.2, 0.25) is 0 Å². The standard InChI is InChI=1S/C39H76NO3P/c1-5-6-7-8-9-10-11-15-18-21-24-27-30-33-38(41)34-31-28-25-22-19-16-13-12-14-17-20-23-26-29-32-35-39(42)44-43-37-36-40(2,3)4/h12,14H,5-11,13,15-37H2,1-4H3/b14-12-. The van der Waals surface area contributed by atoms with Crippen molar-refractivity contribution in [2.24, 2.45) is 0 Å². The molecule has 0 aromatic carbocycles. The third-order valence-electron chi connectivity index (χ3n) is 8.58. The Labute approximate surface area is 277 Å². The van der Waals surface area contributed by atoms with Gasteiger partial charge in [-0.3, -0.25) is 4.79 Å². The van der Waals surface area contributed by atoms with Crippen LogP contribution in [0.25, 0.3) is 0 Å². The molecule has 0 aliphatic heterocycles. The van der Waals surface area contributed by atoms with Crippen LogP contribution in [-0.2, 0) is 14.1 Å². The van der Waals surface area contributed by atoms with Crippen molar-refractivity contribution >= 4 is 20.1 Å². The molecule has 0 bridgehead atoms. The van der Waals surface area contributed by atoms with Gasteiger partial charge in [-0.1, -0.05) is 141 Å². The highest BCUT2D eigenvalue weighted by Gasteiger charge is 2.04. The van der Waals surface area contributed by atoms with Crippen LogP contribution in [0.1, 0.15) is 193 Å². The lowest BCUT2D eigenvalue weighted by Gasteiger charge is -2.26. The zero-order valence-electron chi connectivity index (χ0n) is 30.2. The van der Waals surface area contributed by atoms with Crippen LogP contribution in [0.15, 0.2) is 12.2 Å². The van der Waals surface area contributed by atoms with Gasteiger partial charge in [-0.2, -0.15) is 0 Å². The molecule has 0 heterocycles. The van der Waals surface area contributed by atoms with Gasteiger partial charge >= 0.3 is 0 Å². The number of Topliss-reactive ketones (excluding diaryl/α,β-unsaturated/α-hetero) is 1. The number of hydrogen-bond donors (Lipinski definition) is 0. The van der Waals surface area contributed by atoms with Gasteiger partial charge in [0, 0.05) is 18.4 Å². The number of unbranched alkanes of at least 4 members (excludes halogenated alkanes) is 23. The summed E-state index contributed by atoms with van der Waals surface area (Å²) < 4.78 is 6.35. The number of allylic oxidation sites excluding steroid dienone is 2. The van der Waals surface area contributed by atoms with Gasteiger partial charge in [-0.05, 0) is 51.4 Å². The van der Waals surface area contributed by atoms with Gasteiger partial charge in [0.15, 0.2) is 0 Å². The van der Waals surface area contributed by atoms with Crippen LogP contribution < -0.4 is 0 Å². The Kier molecular flexibility index (Phi) is 33.3. The molecule has 4 nitrogen and oxygen atoms in total. The second kappa shape index (κ2) is 33.8. The second-order valence-electron chi connectivity index (χ2n) is 14.3. The van der Waals surface area contributed by atoms with Gasteiger partial charge in [0.05, 0.1) is 34.3 Å². The van der Waals surface area contributed by atoms with Crippen molar-refractivity contribution in [2.75, 3.05) is 34.3 Å². The smallest absolute Gasteiger partial charge is 0.132 e. The summed E-state index contributed by atoms with van der Waals surface area (Å²) >= 11 is 0. The van der Waals surface area contributed by atoms with Crippen LogP contribution in [0.5, 0.6) is 0 Å². The lowest BCUT2D eigenvalue weighted by Crippen LogP contribution is -2.37. The Morgan fingerprint density at radius 1 is 0.523 bits per heavy atom. The normalized spacial score (nSPS) is 12.3. The highest BCUT2D eigenvalue weighted by molar-refractivity contribution is 7.53. The molecule has 0 unspecified atom stereocenters. The molecule has 5 heteroatoms. The maximum atomic E-state index is 12.2. The van der Waals surface area contributed by atoms with Crippen LogP contribution in [0.4, 0.5) is 0 Å². The first-order valence-electron chi connectivity index (χ1n) is 19.2. The summed E-state index contributed by atoms with van der Waals surface area (Å²) in [5.41, 5.74) is 0.222. The number of quaternary nitrogens is 1. The van der Waals surface area contributed by atoms with Crippen LogP contribution >= 0.6 is 8.81 Å². The van der Waals surface area contributed by atoms with Gasteiger partial charge in [0.1, 0.15) is 5.78 Å². The summed E-state index contributed by atoms with van der Waals surface area (Å²) in [5.74, 6) is 0.500. The third-order valence-corrected chi connectivity index (χ3v) is 9.32. The number of rotatable bonds is 36. The lowest BCUT2D eigenvalue weighted by molar-refractivity contribution is -0.870. The maximum Gasteiger partial charge on any atom is 0.132 e. The van der Waals surface area contributed by atoms with E-state index in [9.17, 15) is 9.59 Å². The number of likely N-dealkylation sites (N-methyl/N-ethyl adjacent to an activating group) is 1. The molecule has 260 valence electrons. The molecule has 44 heavy (non-hydrogen) atoms. The Bertz CT molecular complexity index is 658. The minimum atomic E-state index is 0.222. The number of ketones is 1. The highest BCUT2D eigenvalue weighted by Crippen LogP contribution is 2.19. The monoisotopic (exact) mass is 638 g/mol. The first-order valence-corrected chi connectivity index (χ1v) is 20.0. The van der Waals surface area contributed by atoms with E-state index in [4.69, 9.17) is 4.52 Å². The minimum absolute atomic E-state index is 0.222. The van der Waals surface area contributed by atoms with E-state index in [1.807, 2.05) is 0 Å². The first kappa shape index (κ1) is 43.4. The average Bonchev–Trinajstić information content (AvgIpc) is 2.98. The van der Waals surface area contributed by atoms with Crippen molar-refractivity contribution in [1.82, 2.24) is 0 Å². The van der Waals surface area contributed by atoms with E-state index >= 15 is 0 Å². The van der Waals surface area contributed by atoms with E-state index in [1.54, 1.807) is 0 Å². The van der Waals surface area contributed by atoms with E-state index < -0.39 is 0 Å². The molecule has 0 amide bonds. The number of carbonyl (C=O) groups excluding carboxylic acids is 2. The zero-order chi connectivity index (χ0) is 32.4. The molecule has 0 saturated carbocycles. The summed E-state index contributed by atoms with van der Waals surface area (Å²) in [7, 11) is 6.94. The van der Waals surface area contributed by atoms with Gasteiger partial charge in [-0.25, -0.2) is 0 Å². The fraction of sp³-hybridized carbons (Fsp3) is 0.897. The predicted octanol–water partition coefficient (Wildman–Crippen LogP) is 12.6. The van der Waals surface area contributed by atoms with Crippen LogP contribution in [0, 0.1) is 0 Å². The molecule has 0 radical (unpaired) electrons. The van der Waals surface area contributed by atoms with Crippen molar-refractivity contribution in [1.29, 1.82) is 0 Å². The molecule has 0 N–H and O–H groups in total. The molecule has 0 spiro atoms. The first-order chi connectivity index (χ1) is 21.3. The number of hydrogen-bond acceptors (Lipinski definition) is 3. The molecule has 0 aromatic rings. The van der Waals surface area contributed by atoms with E-state index in [-0.39, 0.29) is 5.52 Å². The van der Waals surface area contributed by atoms with Crippen LogP contribution in [0.3, 0.4) is 0 Å². The summed E-state index contributed by atoms with van der Waals surface area (Å²) in [6.45, 7) is 3.86. The topological polar surface area (TPSA) is 43.4 Å². The second-order valence-corrected chi connectivity index (χ2v) is 15.2. The van der Waals surface area contributed by atoms with E-state index in [2.05, 4.69) is 40.2 Å². The summed E-state index contributed by atoms with van der Waals surface area (Å²) in [4.78, 5) is 24.0. The quantitative estimate of drug-likeness (QED) is 0.0297. The van der Waals surface area contributed by atoms with Crippen molar-refractivity contribution in [3.8, 4) is 0 Å². The van der Waals surface area contributed by atoms with Crippen molar-refractivity contribution in [3.63, 3.8) is 0 Å². The van der Waals surface area contributed by atoms with Crippen molar-refractivity contribution in [2.45, 2.75) is 193 Å². The molecule has 0 aromatic heterocycles. The third kappa shape index (κ3) is 37.6. The average molecular weight is 638 g/mol. The minimum Gasteiger partial charge on any atom is -0.546 e. The number of carbonyl (C=O) groups is 2. The van der Waals surface area contributed by atoms with Crippen molar-refractivity contribution in [3.05, 3.63) is 12.2 Å². The van der Waals surface area contributed by atoms with E-state index in [1.165, 1.54) is 141 Å².